The molecule has 0 bridgehead atoms. The quantitative estimate of drug-likeness (QED) is 0.481. The molecule has 1 aliphatic rings. The molecule has 1 rings (SSSR count). The number of rotatable bonds is 1. The zero-order valence-electron chi connectivity index (χ0n) is 6.52. The van der Waals surface area contributed by atoms with E-state index >= 15 is 0 Å². The van der Waals surface area contributed by atoms with Gasteiger partial charge in [-0.2, -0.15) is 0 Å². The summed E-state index contributed by atoms with van der Waals surface area (Å²) in [6.45, 7) is 4.23. The van der Waals surface area contributed by atoms with Gasteiger partial charge in [-0.1, -0.05) is 30.7 Å². The molecular formula is C10H12. The Morgan fingerprint density at radius 2 is 2.20 bits per heavy atom. The second kappa shape index (κ2) is 3.24. The first-order valence-electron chi connectivity index (χ1n) is 3.63. The van der Waals surface area contributed by atoms with E-state index in [4.69, 9.17) is 0 Å². The highest BCUT2D eigenvalue weighted by Crippen LogP contribution is 2.07. The van der Waals surface area contributed by atoms with Crippen LogP contribution in [0.1, 0.15) is 20.3 Å². The van der Waals surface area contributed by atoms with E-state index in [1.54, 1.807) is 0 Å². The molecule has 0 aromatic carbocycles. The van der Waals surface area contributed by atoms with Crippen molar-refractivity contribution in [1.82, 2.24) is 0 Å². The van der Waals surface area contributed by atoms with Crippen molar-refractivity contribution in [1.29, 1.82) is 0 Å². The molecule has 0 aliphatic heterocycles. The van der Waals surface area contributed by atoms with Crippen molar-refractivity contribution in [2.75, 3.05) is 0 Å². The van der Waals surface area contributed by atoms with Crippen LogP contribution in [0.2, 0.25) is 0 Å². The Labute approximate surface area is 62.3 Å². The lowest BCUT2D eigenvalue weighted by molar-refractivity contribution is 1.15. The summed E-state index contributed by atoms with van der Waals surface area (Å²) in [5.41, 5.74) is 5.75. The Hall–Kier alpha value is -1.00. The third-order valence-corrected chi connectivity index (χ3v) is 1.54. The zero-order valence-corrected chi connectivity index (χ0v) is 6.52. The number of hydrogen-bond donors (Lipinski definition) is 0. The predicted molar refractivity (Wildman–Crippen MR) is 44.8 cm³/mol. The molecule has 1 aliphatic carbocycles. The molecule has 0 heterocycles. The maximum Gasteiger partial charge on any atom is -0.00630 e. The van der Waals surface area contributed by atoms with Crippen molar-refractivity contribution >= 4 is 0 Å². The van der Waals surface area contributed by atoms with Gasteiger partial charge in [0, 0.05) is 0 Å². The maximum atomic E-state index is 3.19. The number of allylic oxidation sites excluding steroid dienone is 5. The van der Waals surface area contributed by atoms with Crippen LogP contribution in [0.5, 0.6) is 0 Å². The second-order valence-electron chi connectivity index (χ2n) is 2.43. The van der Waals surface area contributed by atoms with E-state index in [1.165, 1.54) is 11.1 Å². The van der Waals surface area contributed by atoms with Gasteiger partial charge in [0.2, 0.25) is 0 Å². The molecule has 0 saturated heterocycles. The van der Waals surface area contributed by atoms with Gasteiger partial charge < -0.3 is 0 Å². The molecular weight excluding hydrogens is 120 g/mol. The van der Waals surface area contributed by atoms with Crippen LogP contribution < -0.4 is 0 Å². The largest absolute Gasteiger partial charge is 0.117 e. The Morgan fingerprint density at radius 1 is 1.40 bits per heavy atom. The molecule has 0 aromatic heterocycles. The lowest BCUT2D eigenvalue weighted by Crippen LogP contribution is -1.69. The minimum absolute atomic E-state index is 1.06. The van der Waals surface area contributed by atoms with Gasteiger partial charge in [0.05, 0.1) is 0 Å². The lowest BCUT2D eigenvalue weighted by Gasteiger charge is -1.88. The predicted octanol–water partition coefficient (Wildman–Crippen LogP) is 2.99. The van der Waals surface area contributed by atoms with Crippen LogP contribution in [0.25, 0.3) is 0 Å². The molecule has 0 amide bonds. The molecule has 0 aromatic rings. The summed E-state index contributed by atoms with van der Waals surface area (Å²) in [5.74, 6) is 0. The van der Waals surface area contributed by atoms with Crippen molar-refractivity contribution in [3.8, 4) is 0 Å². The van der Waals surface area contributed by atoms with E-state index in [1.807, 2.05) is 6.08 Å². The summed E-state index contributed by atoms with van der Waals surface area (Å²) in [6.07, 6.45) is 9.35. The van der Waals surface area contributed by atoms with Crippen LogP contribution in [0.3, 0.4) is 0 Å². The van der Waals surface area contributed by atoms with Gasteiger partial charge in [0.15, 0.2) is 0 Å². The van der Waals surface area contributed by atoms with Gasteiger partial charge in [-0.05, 0) is 25.0 Å². The van der Waals surface area contributed by atoms with Crippen molar-refractivity contribution in [2.24, 2.45) is 0 Å². The van der Waals surface area contributed by atoms with Crippen LogP contribution >= 0.6 is 0 Å². The normalized spacial score (nSPS) is 16.2. The molecule has 0 heteroatoms. The van der Waals surface area contributed by atoms with Gasteiger partial charge in [-0.25, -0.2) is 0 Å². The molecule has 0 saturated carbocycles. The summed E-state index contributed by atoms with van der Waals surface area (Å²) < 4.78 is 0. The summed E-state index contributed by atoms with van der Waals surface area (Å²) >= 11 is 0. The SMILES string of the molecule is CCC1=C=CC=C(C)C=C1. The molecule has 0 N–H and O–H groups in total. The van der Waals surface area contributed by atoms with Gasteiger partial charge in [0.25, 0.3) is 0 Å². The van der Waals surface area contributed by atoms with E-state index in [-0.39, 0.29) is 0 Å². The first kappa shape index (κ1) is 7.11. The van der Waals surface area contributed by atoms with Crippen LogP contribution in [0.15, 0.2) is 41.2 Å². The fourth-order valence-corrected chi connectivity index (χ4v) is 0.836. The van der Waals surface area contributed by atoms with Gasteiger partial charge >= 0.3 is 0 Å². The van der Waals surface area contributed by atoms with Crippen LogP contribution in [0, 0.1) is 0 Å². The first-order valence-corrected chi connectivity index (χ1v) is 3.63. The summed E-state index contributed by atoms with van der Waals surface area (Å²) in [7, 11) is 0. The van der Waals surface area contributed by atoms with Crippen LogP contribution in [-0.2, 0) is 0 Å². The maximum absolute atomic E-state index is 3.19. The molecule has 0 nitrogen and oxygen atoms in total. The van der Waals surface area contributed by atoms with Crippen LogP contribution in [0.4, 0.5) is 0 Å². The van der Waals surface area contributed by atoms with E-state index < -0.39 is 0 Å². The zero-order chi connectivity index (χ0) is 7.40. The Bertz CT molecular complexity index is 233. The highest BCUT2D eigenvalue weighted by molar-refractivity contribution is 5.32. The summed E-state index contributed by atoms with van der Waals surface area (Å²) in [5, 5.41) is 0. The Balaban J connectivity index is 2.87. The molecule has 0 spiro atoms. The fraction of sp³-hybridized carbons (Fsp3) is 0.300. The minimum Gasteiger partial charge on any atom is -0.117 e. The molecule has 0 radical (unpaired) electrons. The first-order chi connectivity index (χ1) is 4.83. The molecule has 0 unspecified atom stereocenters. The fourth-order valence-electron chi connectivity index (χ4n) is 0.836. The minimum atomic E-state index is 1.06. The second-order valence-corrected chi connectivity index (χ2v) is 2.43. The molecule has 0 fully saturated rings. The highest BCUT2D eigenvalue weighted by atomic mass is 13.9. The van der Waals surface area contributed by atoms with Gasteiger partial charge in [-0.3, -0.25) is 0 Å². The van der Waals surface area contributed by atoms with Crippen molar-refractivity contribution in [3.63, 3.8) is 0 Å². The van der Waals surface area contributed by atoms with Crippen molar-refractivity contribution in [3.05, 3.63) is 41.2 Å². The summed E-state index contributed by atoms with van der Waals surface area (Å²) in [4.78, 5) is 0. The van der Waals surface area contributed by atoms with E-state index in [0.29, 0.717) is 0 Å². The number of hydrogen-bond acceptors (Lipinski definition) is 0. The summed E-state index contributed by atoms with van der Waals surface area (Å²) in [6, 6.07) is 0. The van der Waals surface area contributed by atoms with Crippen molar-refractivity contribution < 1.29 is 0 Å². The molecule has 0 atom stereocenters. The van der Waals surface area contributed by atoms with E-state index in [9.17, 15) is 0 Å². The smallest absolute Gasteiger partial charge is 0.00630 e. The highest BCUT2D eigenvalue weighted by Gasteiger charge is 1.87. The average molecular weight is 132 g/mol. The monoisotopic (exact) mass is 132 g/mol. The van der Waals surface area contributed by atoms with Crippen LogP contribution in [-0.4, -0.2) is 0 Å². The third kappa shape index (κ3) is 1.75. The Kier molecular flexibility index (Phi) is 2.30. The molecule has 10 heavy (non-hydrogen) atoms. The van der Waals surface area contributed by atoms with Gasteiger partial charge in [0.1, 0.15) is 0 Å². The topological polar surface area (TPSA) is 0 Å². The van der Waals surface area contributed by atoms with Crippen molar-refractivity contribution in [2.45, 2.75) is 20.3 Å². The molecule has 52 valence electrons. The van der Waals surface area contributed by atoms with E-state index in [0.717, 1.165) is 6.42 Å². The van der Waals surface area contributed by atoms with Gasteiger partial charge in [-0.15, -0.1) is 5.73 Å². The lowest BCUT2D eigenvalue weighted by atomic mass is 10.2. The third-order valence-electron chi connectivity index (χ3n) is 1.54. The Morgan fingerprint density at radius 3 is 2.90 bits per heavy atom. The average Bonchev–Trinajstić information content (AvgIpc) is 2.14. The standard InChI is InChI=1S/C10H12/c1-3-10-6-4-5-9(2)7-8-10/h4-5,7-8H,3H2,1-2H3. The van der Waals surface area contributed by atoms with E-state index in [2.05, 4.69) is 37.8 Å².